The molecule has 1 heterocycles. The number of likely N-dealkylation sites (tertiary alicyclic amines) is 1. The molecule has 0 aliphatic carbocycles. The topological polar surface area (TPSA) is 60.0 Å². The summed E-state index contributed by atoms with van der Waals surface area (Å²) in [7, 11) is 4.68. The minimum absolute atomic E-state index is 0.201. The number of rotatable bonds is 8. The number of methoxy groups -OCH3 is 3. The van der Waals surface area contributed by atoms with Crippen LogP contribution >= 0.6 is 0 Å². The highest BCUT2D eigenvalue weighted by molar-refractivity contribution is 6.02. The third kappa shape index (κ3) is 5.76. The first-order valence-corrected chi connectivity index (χ1v) is 10.2. The Morgan fingerprint density at radius 2 is 1.60 bits per heavy atom. The van der Waals surface area contributed by atoms with Crippen LogP contribution in [0.15, 0.2) is 42.5 Å². The van der Waals surface area contributed by atoms with Crippen molar-refractivity contribution in [1.82, 2.24) is 4.90 Å². The fraction of sp³-hybridized carbons (Fsp3) is 0.375. The molecule has 1 fully saturated rings. The lowest BCUT2D eigenvalue weighted by molar-refractivity contribution is -0.111. The molecule has 0 unspecified atom stereocenters. The standard InChI is InChI=1S/C24H30N2O4/c1-28-21-15-19(16-22(29-2)24(21)30-3)9-12-23(27)25-20-10-7-18(8-11-20)17-26-13-5-4-6-14-26/h7-12,15-16H,4-6,13-14,17H2,1-3H3,(H,25,27)/b12-9+. The van der Waals surface area contributed by atoms with Crippen LogP contribution < -0.4 is 19.5 Å². The molecule has 0 spiro atoms. The molecule has 0 radical (unpaired) electrons. The fourth-order valence-corrected chi connectivity index (χ4v) is 3.62. The highest BCUT2D eigenvalue weighted by Gasteiger charge is 2.12. The van der Waals surface area contributed by atoms with Crippen LogP contribution in [0.25, 0.3) is 6.08 Å². The van der Waals surface area contributed by atoms with Crippen molar-refractivity contribution in [2.45, 2.75) is 25.8 Å². The number of hydrogen-bond acceptors (Lipinski definition) is 5. The lowest BCUT2D eigenvalue weighted by Gasteiger charge is -2.26. The summed E-state index contributed by atoms with van der Waals surface area (Å²) < 4.78 is 16.0. The summed E-state index contributed by atoms with van der Waals surface area (Å²) in [5.41, 5.74) is 2.82. The molecule has 0 saturated carbocycles. The van der Waals surface area contributed by atoms with E-state index in [1.54, 1.807) is 39.5 Å². The van der Waals surface area contributed by atoms with Gasteiger partial charge in [0.2, 0.25) is 11.7 Å². The Morgan fingerprint density at radius 3 is 2.17 bits per heavy atom. The molecule has 1 aliphatic rings. The molecule has 0 atom stereocenters. The number of carbonyl (C=O) groups is 1. The summed E-state index contributed by atoms with van der Waals surface area (Å²) in [6, 6.07) is 11.6. The molecular formula is C24H30N2O4. The first-order chi connectivity index (χ1) is 14.6. The summed E-state index contributed by atoms with van der Waals surface area (Å²) in [6.45, 7) is 3.31. The number of nitrogens with one attached hydrogen (secondary N) is 1. The number of ether oxygens (including phenoxy) is 3. The Balaban J connectivity index is 1.60. The van der Waals surface area contributed by atoms with Crippen LogP contribution in [0, 0.1) is 0 Å². The van der Waals surface area contributed by atoms with Gasteiger partial charge in [0.1, 0.15) is 0 Å². The molecule has 6 heteroatoms. The van der Waals surface area contributed by atoms with E-state index >= 15 is 0 Å². The zero-order valence-electron chi connectivity index (χ0n) is 17.9. The van der Waals surface area contributed by atoms with E-state index in [1.807, 2.05) is 12.1 Å². The van der Waals surface area contributed by atoms with E-state index in [2.05, 4.69) is 22.3 Å². The summed E-state index contributed by atoms with van der Waals surface area (Å²) >= 11 is 0. The van der Waals surface area contributed by atoms with Gasteiger partial charge in [0.15, 0.2) is 11.5 Å². The minimum Gasteiger partial charge on any atom is -0.493 e. The highest BCUT2D eigenvalue weighted by Crippen LogP contribution is 2.38. The zero-order chi connectivity index (χ0) is 21.3. The van der Waals surface area contributed by atoms with Gasteiger partial charge in [-0.05, 0) is 67.4 Å². The van der Waals surface area contributed by atoms with Crippen LogP contribution in [-0.4, -0.2) is 45.2 Å². The summed E-state index contributed by atoms with van der Waals surface area (Å²) in [5, 5.41) is 2.90. The molecular weight excluding hydrogens is 380 g/mol. The van der Waals surface area contributed by atoms with Gasteiger partial charge in [0.05, 0.1) is 21.3 Å². The van der Waals surface area contributed by atoms with Gasteiger partial charge in [0.25, 0.3) is 0 Å². The molecule has 0 aromatic heterocycles. The molecule has 3 rings (SSSR count). The van der Waals surface area contributed by atoms with Gasteiger partial charge in [0, 0.05) is 18.3 Å². The SMILES string of the molecule is COc1cc(/C=C/C(=O)Nc2ccc(CN3CCCCC3)cc2)cc(OC)c1OC. The first-order valence-electron chi connectivity index (χ1n) is 10.2. The quantitative estimate of drug-likeness (QED) is 0.656. The predicted molar refractivity (Wildman–Crippen MR) is 119 cm³/mol. The second-order valence-electron chi connectivity index (χ2n) is 7.31. The third-order valence-corrected chi connectivity index (χ3v) is 5.19. The van der Waals surface area contributed by atoms with E-state index < -0.39 is 0 Å². The molecule has 6 nitrogen and oxygen atoms in total. The summed E-state index contributed by atoms with van der Waals surface area (Å²) in [6.07, 6.45) is 7.11. The maximum Gasteiger partial charge on any atom is 0.248 e. The molecule has 30 heavy (non-hydrogen) atoms. The normalized spacial score (nSPS) is 14.5. The average molecular weight is 411 g/mol. The summed E-state index contributed by atoms with van der Waals surface area (Å²) in [4.78, 5) is 14.8. The number of hydrogen-bond donors (Lipinski definition) is 1. The van der Waals surface area contributed by atoms with Gasteiger partial charge >= 0.3 is 0 Å². The molecule has 0 bridgehead atoms. The Morgan fingerprint density at radius 1 is 0.967 bits per heavy atom. The average Bonchev–Trinajstić information content (AvgIpc) is 2.78. The molecule has 1 N–H and O–H groups in total. The Labute approximate surface area is 178 Å². The van der Waals surface area contributed by atoms with E-state index in [0.717, 1.165) is 17.8 Å². The van der Waals surface area contributed by atoms with Crippen molar-refractivity contribution in [3.8, 4) is 17.2 Å². The van der Waals surface area contributed by atoms with E-state index in [-0.39, 0.29) is 5.91 Å². The number of nitrogens with zero attached hydrogens (tertiary/aromatic N) is 1. The van der Waals surface area contributed by atoms with Crippen LogP contribution in [-0.2, 0) is 11.3 Å². The maximum absolute atomic E-state index is 12.3. The van der Waals surface area contributed by atoms with Gasteiger partial charge in [-0.3, -0.25) is 9.69 Å². The van der Waals surface area contributed by atoms with E-state index in [9.17, 15) is 4.79 Å². The van der Waals surface area contributed by atoms with Crippen LogP contribution in [0.2, 0.25) is 0 Å². The van der Waals surface area contributed by atoms with Crippen molar-refractivity contribution >= 4 is 17.7 Å². The van der Waals surface area contributed by atoms with E-state index in [1.165, 1.54) is 44.0 Å². The molecule has 1 saturated heterocycles. The number of anilines is 1. The van der Waals surface area contributed by atoms with Crippen LogP contribution in [0.1, 0.15) is 30.4 Å². The lowest BCUT2D eigenvalue weighted by Crippen LogP contribution is -2.29. The van der Waals surface area contributed by atoms with Crippen molar-refractivity contribution in [2.24, 2.45) is 0 Å². The smallest absolute Gasteiger partial charge is 0.248 e. The number of amides is 1. The van der Waals surface area contributed by atoms with Crippen molar-refractivity contribution in [3.63, 3.8) is 0 Å². The Bertz CT molecular complexity index is 846. The minimum atomic E-state index is -0.201. The van der Waals surface area contributed by atoms with Gasteiger partial charge in [-0.2, -0.15) is 0 Å². The van der Waals surface area contributed by atoms with E-state index in [4.69, 9.17) is 14.2 Å². The van der Waals surface area contributed by atoms with Crippen LogP contribution in [0.4, 0.5) is 5.69 Å². The molecule has 160 valence electrons. The van der Waals surface area contributed by atoms with E-state index in [0.29, 0.717) is 17.2 Å². The van der Waals surface area contributed by atoms with Crippen molar-refractivity contribution in [1.29, 1.82) is 0 Å². The van der Waals surface area contributed by atoms with Gasteiger partial charge in [-0.15, -0.1) is 0 Å². The third-order valence-electron chi connectivity index (χ3n) is 5.19. The first kappa shape index (κ1) is 21.7. The zero-order valence-corrected chi connectivity index (χ0v) is 17.9. The predicted octanol–water partition coefficient (Wildman–Crippen LogP) is 4.35. The molecule has 2 aromatic rings. The second-order valence-corrected chi connectivity index (χ2v) is 7.31. The Kier molecular flexibility index (Phi) is 7.74. The Hall–Kier alpha value is -2.99. The largest absolute Gasteiger partial charge is 0.493 e. The van der Waals surface area contributed by atoms with Crippen molar-refractivity contribution < 1.29 is 19.0 Å². The lowest BCUT2D eigenvalue weighted by atomic mass is 10.1. The molecule has 1 aliphatic heterocycles. The second kappa shape index (κ2) is 10.7. The van der Waals surface area contributed by atoms with Crippen LogP contribution in [0.3, 0.4) is 0 Å². The van der Waals surface area contributed by atoms with Crippen molar-refractivity contribution in [3.05, 3.63) is 53.6 Å². The number of carbonyl (C=O) groups excluding carboxylic acids is 1. The number of piperidine rings is 1. The van der Waals surface area contributed by atoms with Gasteiger partial charge in [-0.25, -0.2) is 0 Å². The monoisotopic (exact) mass is 410 g/mol. The molecule has 2 aromatic carbocycles. The maximum atomic E-state index is 12.3. The van der Waals surface area contributed by atoms with Gasteiger partial charge in [-0.1, -0.05) is 18.6 Å². The fourth-order valence-electron chi connectivity index (χ4n) is 3.62. The molecule has 1 amide bonds. The van der Waals surface area contributed by atoms with Gasteiger partial charge < -0.3 is 19.5 Å². The highest BCUT2D eigenvalue weighted by atomic mass is 16.5. The summed E-state index contributed by atoms with van der Waals surface area (Å²) in [5.74, 6) is 1.40. The van der Waals surface area contributed by atoms with Crippen LogP contribution in [0.5, 0.6) is 17.2 Å². The number of benzene rings is 2. The van der Waals surface area contributed by atoms with Crippen molar-refractivity contribution in [2.75, 3.05) is 39.7 Å².